The summed E-state index contributed by atoms with van der Waals surface area (Å²) in [6.07, 6.45) is 0. The van der Waals surface area contributed by atoms with E-state index in [-0.39, 0.29) is 49.2 Å². The number of nitro groups is 1. The Bertz CT molecular complexity index is 665. The largest absolute Gasteiger partial charge is 0.339 e. The number of piperazine rings is 1. The van der Waals surface area contributed by atoms with Gasteiger partial charge in [0.25, 0.3) is 5.69 Å². The third-order valence-electron chi connectivity index (χ3n) is 3.45. The molecule has 0 unspecified atom stereocenters. The average molecular weight is 328 g/mol. The number of rotatable bonds is 4. The molecule has 1 fully saturated rings. The molecule has 0 aliphatic carbocycles. The van der Waals surface area contributed by atoms with Gasteiger partial charge in [-0.25, -0.2) is 8.42 Å². The molecule has 0 aromatic heterocycles. The number of non-ortho nitro benzene ring substituents is 1. The molecule has 9 nitrogen and oxygen atoms in total. The number of amides is 1. The molecule has 1 aromatic carbocycles. The molecule has 2 N–H and O–H groups in total. The van der Waals surface area contributed by atoms with E-state index in [1.54, 1.807) is 0 Å². The van der Waals surface area contributed by atoms with Gasteiger partial charge in [0, 0.05) is 38.3 Å². The van der Waals surface area contributed by atoms with Gasteiger partial charge in [-0.15, -0.1) is 0 Å². The van der Waals surface area contributed by atoms with E-state index in [2.05, 4.69) is 0 Å². The highest BCUT2D eigenvalue weighted by molar-refractivity contribution is 7.89. The molecule has 120 valence electrons. The number of carbonyl (C=O) groups excluding carboxylic acids is 1. The minimum Gasteiger partial charge on any atom is -0.339 e. The maximum Gasteiger partial charge on any atom is 0.269 e. The smallest absolute Gasteiger partial charge is 0.269 e. The molecule has 0 atom stereocenters. The summed E-state index contributed by atoms with van der Waals surface area (Å²) in [6, 6.07) is 4.73. The summed E-state index contributed by atoms with van der Waals surface area (Å²) in [5.41, 5.74) is 5.11. The molecule has 1 heterocycles. The fourth-order valence-electron chi connectivity index (χ4n) is 2.20. The first-order valence-electron chi connectivity index (χ1n) is 6.58. The summed E-state index contributed by atoms with van der Waals surface area (Å²) >= 11 is 0. The van der Waals surface area contributed by atoms with Crippen molar-refractivity contribution in [3.05, 3.63) is 34.4 Å². The third kappa shape index (κ3) is 3.24. The molecule has 2 rings (SSSR count). The molecule has 0 saturated carbocycles. The van der Waals surface area contributed by atoms with Crippen LogP contribution < -0.4 is 5.73 Å². The predicted molar refractivity (Wildman–Crippen MR) is 77.5 cm³/mol. The summed E-state index contributed by atoms with van der Waals surface area (Å²) in [6.45, 7) is 0.801. The van der Waals surface area contributed by atoms with E-state index in [4.69, 9.17) is 5.73 Å². The highest BCUT2D eigenvalue weighted by Gasteiger charge is 2.29. The zero-order chi connectivity index (χ0) is 16.3. The first-order valence-corrected chi connectivity index (χ1v) is 8.02. The lowest BCUT2D eigenvalue weighted by Crippen LogP contribution is -2.51. The van der Waals surface area contributed by atoms with E-state index in [1.165, 1.54) is 21.3 Å². The molecule has 1 aromatic rings. The molecular formula is C12H16N4O5S. The van der Waals surface area contributed by atoms with Gasteiger partial charge in [0.15, 0.2) is 0 Å². The van der Waals surface area contributed by atoms with E-state index in [9.17, 15) is 23.3 Å². The van der Waals surface area contributed by atoms with Crippen LogP contribution in [-0.4, -0.2) is 61.2 Å². The Morgan fingerprint density at radius 3 is 2.18 bits per heavy atom. The Labute approximate surface area is 127 Å². The van der Waals surface area contributed by atoms with Crippen LogP contribution >= 0.6 is 0 Å². The van der Waals surface area contributed by atoms with Crippen molar-refractivity contribution in [2.45, 2.75) is 4.90 Å². The van der Waals surface area contributed by atoms with E-state index in [1.807, 2.05) is 0 Å². The van der Waals surface area contributed by atoms with Crippen molar-refractivity contribution in [2.24, 2.45) is 5.73 Å². The van der Waals surface area contributed by atoms with Crippen LogP contribution in [0.1, 0.15) is 0 Å². The van der Waals surface area contributed by atoms with Crippen molar-refractivity contribution < 1.29 is 18.1 Å². The molecular weight excluding hydrogens is 312 g/mol. The van der Waals surface area contributed by atoms with Crippen molar-refractivity contribution in [3.63, 3.8) is 0 Å². The van der Waals surface area contributed by atoms with Crippen LogP contribution in [0.4, 0.5) is 5.69 Å². The van der Waals surface area contributed by atoms with E-state index >= 15 is 0 Å². The van der Waals surface area contributed by atoms with E-state index < -0.39 is 14.9 Å². The van der Waals surface area contributed by atoms with Crippen molar-refractivity contribution in [2.75, 3.05) is 32.7 Å². The van der Waals surface area contributed by atoms with Crippen LogP contribution in [0.25, 0.3) is 0 Å². The van der Waals surface area contributed by atoms with Crippen LogP contribution in [0.15, 0.2) is 29.2 Å². The maximum absolute atomic E-state index is 12.4. The van der Waals surface area contributed by atoms with Gasteiger partial charge in [-0.05, 0) is 12.1 Å². The normalized spacial score (nSPS) is 16.5. The molecule has 10 heteroatoms. The first-order chi connectivity index (χ1) is 10.4. The van der Waals surface area contributed by atoms with Gasteiger partial charge >= 0.3 is 0 Å². The maximum atomic E-state index is 12.4. The van der Waals surface area contributed by atoms with Crippen LogP contribution in [0.3, 0.4) is 0 Å². The molecule has 1 saturated heterocycles. The number of nitrogens with zero attached hydrogens (tertiary/aromatic N) is 3. The van der Waals surface area contributed by atoms with Gasteiger partial charge in [-0.2, -0.15) is 4.31 Å². The van der Waals surface area contributed by atoms with Crippen LogP contribution in [0.2, 0.25) is 0 Å². The molecule has 0 spiro atoms. The van der Waals surface area contributed by atoms with E-state index in [0.717, 1.165) is 12.1 Å². The number of carbonyl (C=O) groups is 1. The second-order valence-electron chi connectivity index (χ2n) is 4.74. The summed E-state index contributed by atoms with van der Waals surface area (Å²) in [4.78, 5) is 23.0. The monoisotopic (exact) mass is 328 g/mol. The first kappa shape index (κ1) is 16.3. The Morgan fingerprint density at radius 2 is 1.73 bits per heavy atom. The number of nitrogens with two attached hydrogens (primary N) is 1. The molecule has 22 heavy (non-hydrogen) atoms. The summed E-state index contributed by atoms with van der Waals surface area (Å²) < 4.78 is 26.1. The van der Waals surface area contributed by atoms with Gasteiger partial charge in [-0.3, -0.25) is 14.9 Å². The number of hydrogen-bond donors (Lipinski definition) is 1. The van der Waals surface area contributed by atoms with Crippen LogP contribution in [0.5, 0.6) is 0 Å². The van der Waals surface area contributed by atoms with Crippen LogP contribution in [-0.2, 0) is 14.8 Å². The zero-order valence-corrected chi connectivity index (χ0v) is 12.5. The van der Waals surface area contributed by atoms with Crippen LogP contribution in [0, 0.1) is 10.1 Å². The minimum absolute atomic E-state index is 0.00305. The average Bonchev–Trinajstić information content (AvgIpc) is 2.54. The third-order valence-corrected chi connectivity index (χ3v) is 5.36. The van der Waals surface area contributed by atoms with Gasteiger partial charge in [0.05, 0.1) is 16.4 Å². The fourth-order valence-corrected chi connectivity index (χ4v) is 3.62. The highest BCUT2D eigenvalue weighted by Crippen LogP contribution is 2.20. The molecule has 1 aliphatic rings. The van der Waals surface area contributed by atoms with E-state index in [0.29, 0.717) is 0 Å². The number of nitro benzene ring substituents is 1. The number of benzene rings is 1. The van der Waals surface area contributed by atoms with Gasteiger partial charge in [0.1, 0.15) is 0 Å². The Balaban J connectivity index is 2.11. The molecule has 1 aliphatic heterocycles. The van der Waals surface area contributed by atoms with Gasteiger partial charge in [-0.1, -0.05) is 0 Å². The van der Waals surface area contributed by atoms with Crippen molar-refractivity contribution in [1.82, 2.24) is 9.21 Å². The molecule has 0 radical (unpaired) electrons. The summed E-state index contributed by atoms with van der Waals surface area (Å²) in [5, 5.41) is 10.6. The lowest BCUT2D eigenvalue weighted by atomic mass is 10.3. The topological polar surface area (TPSA) is 127 Å². The highest BCUT2D eigenvalue weighted by atomic mass is 32.2. The Morgan fingerprint density at radius 1 is 1.18 bits per heavy atom. The fraction of sp³-hybridized carbons (Fsp3) is 0.417. The lowest BCUT2D eigenvalue weighted by molar-refractivity contribution is -0.384. The zero-order valence-electron chi connectivity index (χ0n) is 11.7. The summed E-state index contributed by atoms with van der Waals surface area (Å²) in [5.74, 6) is -0.215. The van der Waals surface area contributed by atoms with Crippen molar-refractivity contribution in [1.29, 1.82) is 0 Å². The second kappa shape index (κ2) is 6.38. The standard InChI is InChI=1S/C12H16N4O5S/c13-9-12(17)14-5-7-15(8-6-14)22(20,21)11-3-1-10(2-4-11)16(18)19/h1-4H,5-9,13H2. The lowest BCUT2D eigenvalue weighted by Gasteiger charge is -2.33. The SMILES string of the molecule is NCC(=O)N1CCN(S(=O)(=O)c2ccc([N+](=O)[O-])cc2)CC1. The summed E-state index contributed by atoms with van der Waals surface area (Å²) in [7, 11) is -3.72. The molecule has 1 amide bonds. The Hall–Kier alpha value is -2.04. The van der Waals surface area contributed by atoms with Gasteiger partial charge < -0.3 is 10.6 Å². The number of sulfonamides is 1. The number of hydrogen-bond acceptors (Lipinski definition) is 6. The van der Waals surface area contributed by atoms with Crippen molar-refractivity contribution in [3.8, 4) is 0 Å². The van der Waals surface area contributed by atoms with Crippen molar-refractivity contribution >= 4 is 21.6 Å². The minimum atomic E-state index is -3.72. The Kier molecular flexibility index (Phi) is 4.74. The quantitative estimate of drug-likeness (QED) is 0.580. The predicted octanol–water partition coefficient (Wildman–Crippen LogP) is -0.614. The second-order valence-corrected chi connectivity index (χ2v) is 6.68. The van der Waals surface area contributed by atoms with Gasteiger partial charge in [0.2, 0.25) is 15.9 Å². The molecule has 0 bridgehead atoms.